The van der Waals surface area contributed by atoms with E-state index in [1.54, 1.807) is 0 Å². The first kappa shape index (κ1) is 7.04. The minimum Gasteiger partial charge on any atom is -0.304 e. The molecule has 0 radical (unpaired) electrons. The van der Waals surface area contributed by atoms with E-state index in [1.807, 2.05) is 11.3 Å². The van der Waals surface area contributed by atoms with Crippen molar-refractivity contribution in [3.8, 4) is 0 Å². The third-order valence-electron chi connectivity index (χ3n) is 2.64. The molecule has 1 N–H and O–H groups in total. The van der Waals surface area contributed by atoms with Gasteiger partial charge in [-0.25, -0.2) is 4.98 Å². The van der Waals surface area contributed by atoms with Gasteiger partial charge in [0.05, 0.1) is 10.7 Å². The van der Waals surface area contributed by atoms with Crippen molar-refractivity contribution in [2.24, 2.45) is 0 Å². The molecule has 0 amide bonds. The van der Waals surface area contributed by atoms with Crippen molar-refractivity contribution in [2.75, 3.05) is 0 Å². The van der Waals surface area contributed by atoms with Crippen molar-refractivity contribution in [1.82, 2.24) is 10.3 Å². The minimum atomic E-state index is 0.546. The molecule has 0 saturated heterocycles. The zero-order chi connectivity index (χ0) is 8.13. The number of nitrogens with one attached hydrogen (secondary N) is 1. The van der Waals surface area contributed by atoms with Gasteiger partial charge in [0, 0.05) is 23.4 Å². The van der Waals surface area contributed by atoms with Crippen LogP contribution < -0.4 is 5.32 Å². The monoisotopic (exact) mass is 180 g/mol. The maximum Gasteiger partial charge on any atom is 0.0963 e. The van der Waals surface area contributed by atoms with Crippen molar-refractivity contribution < 1.29 is 0 Å². The highest BCUT2D eigenvalue weighted by Gasteiger charge is 2.31. The lowest BCUT2D eigenvalue weighted by Crippen LogP contribution is -2.07. The fourth-order valence-electron chi connectivity index (χ4n) is 1.69. The number of nitrogens with zero attached hydrogens (tertiary/aromatic N) is 1. The molecule has 64 valence electrons. The Morgan fingerprint density at radius 2 is 2.33 bits per heavy atom. The summed E-state index contributed by atoms with van der Waals surface area (Å²) in [7, 11) is 0. The summed E-state index contributed by atoms with van der Waals surface area (Å²) in [6, 6.07) is 0.546. The number of thiazole rings is 1. The first-order valence-corrected chi connectivity index (χ1v) is 5.39. The van der Waals surface area contributed by atoms with Crippen LogP contribution in [-0.2, 0) is 6.54 Å². The molecular formula is C9H12N2S. The number of aromatic nitrogens is 1. The molecule has 2 heterocycles. The number of rotatable bonds is 1. The summed E-state index contributed by atoms with van der Waals surface area (Å²) in [5.41, 5.74) is 1.31. The highest BCUT2D eigenvalue weighted by atomic mass is 32.1. The van der Waals surface area contributed by atoms with Gasteiger partial charge < -0.3 is 5.32 Å². The van der Waals surface area contributed by atoms with Crippen LogP contribution in [0.5, 0.6) is 0 Å². The molecular weight excluding hydrogens is 168 g/mol. The Hall–Kier alpha value is -0.410. The predicted octanol–water partition coefficient (Wildman–Crippen LogP) is 2.18. The van der Waals surface area contributed by atoms with E-state index in [0.29, 0.717) is 6.04 Å². The van der Waals surface area contributed by atoms with Gasteiger partial charge in [0.2, 0.25) is 0 Å². The largest absolute Gasteiger partial charge is 0.304 e. The molecule has 1 aliphatic carbocycles. The first-order valence-electron chi connectivity index (χ1n) is 4.57. The quantitative estimate of drug-likeness (QED) is 0.716. The van der Waals surface area contributed by atoms with Gasteiger partial charge in [0.15, 0.2) is 0 Å². The van der Waals surface area contributed by atoms with E-state index in [0.717, 1.165) is 12.5 Å². The molecule has 2 nitrogen and oxygen atoms in total. The molecule has 3 rings (SSSR count). The molecule has 0 spiro atoms. The van der Waals surface area contributed by atoms with E-state index in [-0.39, 0.29) is 0 Å². The van der Waals surface area contributed by atoms with Gasteiger partial charge in [0.1, 0.15) is 0 Å². The Balaban J connectivity index is 2.01. The van der Waals surface area contributed by atoms with Crippen LogP contribution in [0.25, 0.3) is 0 Å². The average molecular weight is 180 g/mol. The van der Waals surface area contributed by atoms with Crippen LogP contribution in [0, 0.1) is 0 Å². The molecule has 0 aromatic carbocycles. The molecule has 1 aliphatic heterocycles. The van der Waals surface area contributed by atoms with Gasteiger partial charge in [-0.05, 0) is 19.8 Å². The smallest absolute Gasteiger partial charge is 0.0963 e. The van der Waals surface area contributed by atoms with Crippen LogP contribution in [-0.4, -0.2) is 4.98 Å². The Morgan fingerprint density at radius 1 is 1.50 bits per heavy atom. The molecule has 1 unspecified atom stereocenters. The lowest BCUT2D eigenvalue weighted by molar-refractivity contribution is 0.635. The molecule has 1 aromatic heterocycles. The SMILES string of the molecule is CC1NCc2nc(C3CC3)sc21. The maximum atomic E-state index is 4.66. The van der Waals surface area contributed by atoms with Gasteiger partial charge in [-0.15, -0.1) is 11.3 Å². The summed E-state index contributed by atoms with van der Waals surface area (Å²) in [6.45, 7) is 3.21. The van der Waals surface area contributed by atoms with E-state index in [9.17, 15) is 0 Å². The molecule has 2 aliphatic rings. The zero-order valence-corrected chi connectivity index (χ0v) is 7.95. The third-order valence-corrected chi connectivity index (χ3v) is 4.08. The number of hydrogen-bond acceptors (Lipinski definition) is 3. The van der Waals surface area contributed by atoms with E-state index in [4.69, 9.17) is 0 Å². The molecule has 1 fully saturated rings. The predicted molar refractivity (Wildman–Crippen MR) is 49.3 cm³/mol. The van der Waals surface area contributed by atoms with E-state index >= 15 is 0 Å². The Bertz CT molecular complexity index is 314. The van der Waals surface area contributed by atoms with Crippen LogP contribution in [0.3, 0.4) is 0 Å². The summed E-state index contributed by atoms with van der Waals surface area (Å²) in [6.07, 6.45) is 2.74. The van der Waals surface area contributed by atoms with Crippen molar-refractivity contribution in [3.63, 3.8) is 0 Å². The summed E-state index contributed by atoms with van der Waals surface area (Å²) in [5.74, 6) is 0.827. The summed E-state index contributed by atoms with van der Waals surface area (Å²) in [5, 5.41) is 4.80. The number of fused-ring (bicyclic) bond motifs is 1. The zero-order valence-electron chi connectivity index (χ0n) is 7.13. The van der Waals surface area contributed by atoms with Gasteiger partial charge >= 0.3 is 0 Å². The third kappa shape index (κ3) is 0.930. The van der Waals surface area contributed by atoms with Crippen LogP contribution >= 0.6 is 11.3 Å². The van der Waals surface area contributed by atoms with Crippen molar-refractivity contribution in [2.45, 2.75) is 38.3 Å². The van der Waals surface area contributed by atoms with E-state index in [2.05, 4.69) is 17.2 Å². The Kier molecular flexibility index (Phi) is 1.35. The Labute approximate surface area is 76.0 Å². The van der Waals surface area contributed by atoms with E-state index < -0.39 is 0 Å². The first-order chi connectivity index (χ1) is 5.84. The van der Waals surface area contributed by atoms with Gasteiger partial charge in [-0.3, -0.25) is 0 Å². The summed E-state index contributed by atoms with van der Waals surface area (Å²) >= 11 is 1.93. The highest BCUT2D eigenvalue weighted by molar-refractivity contribution is 7.12. The van der Waals surface area contributed by atoms with Gasteiger partial charge in [-0.1, -0.05) is 0 Å². The molecule has 1 atom stereocenters. The standard InChI is InChI=1S/C9H12N2S/c1-5-8-7(4-10-5)11-9(12-8)6-2-3-6/h5-6,10H,2-4H2,1H3. The van der Waals surface area contributed by atoms with Crippen LogP contribution in [0.15, 0.2) is 0 Å². The van der Waals surface area contributed by atoms with Crippen molar-refractivity contribution in [3.05, 3.63) is 15.6 Å². The average Bonchev–Trinajstić information content (AvgIpc) is 2.73. The second kappa shape index (κ2) is 2.30. The number of hydrogen-bond donors (Lipinski definition) is 1. The second-order valence-electron chi connectivity index (χ2n) is 3.74. The molecule has 12 heavy (non-hydrogen) atoms. The van der Waals surface area contributed by atoms with Gasteiger partial charge in [-0.2, -0.15) is 0 Å². The van der Waals surface area contributed by atoms with Crippen LogP contribution in [0.4, 0.5) is 0 Å². The normalized spacial score (nSPS) is 27.6. The van der Waals surface area contributed by atoms with Gasteiger partial charge in [0.25, 0.3) is 0 Å². The van der Waals surface area contributed by atoms with Crippen LogP contribution in [0.1, 0.15) is 47.3 Å². The lowest BCUT2D eigenvalue weighted by Gasteiger charge is -1.99. The molecule has 1 saturated carbocycles. The molecule has 3 heteroatoms. The topological polar surface area (TPSA) is 24.9 Å². The molecule has 0 bridgehead atoms. The van der Waals surface area contributed by atoms with Crippen molar-refractivity contribution >= 4 is 11.3 Å². The van der Waals surface area contributed by atoms with E-state index in [1.165, 1.54) is 28.4 Å². The molecule has 1 aromatic rings. The lowest BCUT2D eigenvalue weighted by atomic mass is 10.3. The maximum absolute atomic E-state index is 4.66. The van der Waals surface area contributed by atoms with Crippen molar-refractivity contribution in [1.29, 1.82) is 0 Å². The van der Waals surface area contributed by atoms with Crippen LogP contribution in [0.2, 0.25) is 0 Å². The Morgan fingerprint density at radius 3 is 3.00 bits per heavy atom. The minimum absolute atomic E-state index is 0.546. The summed E-state index contributed by atoms with van der Waals surface area (Å²) in [4.78, 5) is 6.14. The second-order valence-corrected chi connectivity index (χ2v) is 4.80. The summed E-state index contributed by atoms with van der Waals surface area (Å²) < 4.78 is 0. The fraction of sp³-hybridized carbons (Fsp3) is 0.667. The fourth-order valence-corrected chi connectivity index (χ4v) is 2.97. The highest BCUT2D eigenvalue weighted by Crippen LogP contribution is 2.44.